The van der Waals surface area contributed by atoms with Crippen LogP contribution in [0.3, 0.4) is 0 Å². The van der Waals surface area contributed by atoms with Crippen molar-refractivity contribution in [3.8, 4) is 0 Å². The minimum atomic E-state index is -3.19. The van der Waals surface area contributed by atoms with E-state index in [0.717, 1.165) is 12.8 Å². The molecule has 0 saturated carbocycles. The van der Waals surface area contributed by atoms with Gasteiger partial charge in [0.2, 0.25) is 10.0 Å². The van der Waals surface area contributed by atoms with Crippen molar-refractivity contribution in [1.82, 2.24) is 9.62 Å². The predicted octanol–water partition coefficient (Wildman–Crippen LogP) is 0.737. The van der Waals surface area contributed by atoms with Crippen molar-refractivity contribution >= 4 is 32.0 Å². The number of halogens is 1. The molecule has 1 fully saturated rings. The van der Waals surface area contributed by atoms with Crippen LogP contribution in [0, 0.1) is 5.92 Å². The van der Waals surface area contributed by atoms with Crippen LogP contribution in [0.15, 0.2) is 0 Å². The van der Waals surface area contributed by atoms with Crippen molar-refractivity contribution in [2.24, 2.45) is 5.92 Å². The molecule has 100 valence electrons. The molecular weight excluding hydrogens is 312 g/mol. The van der Waals surface area contributed by atoms with Crippen molar-refractivity contribution in [2.75, 3.05) is 31.4 Å². The lowest BCUT2D eigenvalue weighted by atomic mass is 9.97. The SMILES string of the molecule is COC(=O)N1CCC(CNS(=O)(=O)CBr)CC1. The van der Waals surface area contributed by atoms with Crippen LogP contribution in [0.5, 0.6) is 0 Å². The van der Waals surface area contributed by atoms with E-state index in [1.54, 1.807) is 4.90 Å². The molecule has 1 saturated heterocycles. The van der Waals surface area contributed by atoms with Crippen molar-refractivity contribution in [3.63, 3.8) is 0 Å². The Balaban J connectivity index is 2.31. The fourth-order valence-electron chi connectivity index (χ4n) is 1.73. The molecule has 6 nitrogen and oxygen atoms in total. The van der Waals surface area contributed by atoms with Crippen LogP contribution in [0.1, 0.15) is 12.8 Å². The number of carbonyl (C=O) groups excluding carboxylic acids is 1. The molecule has 1 rings (SSSR count). The van der Waals surface area contributed by atoms with Gasteiger partial charge < -0.3 is 9.64 Å². The molecule has 17 heavy (non-hydrogen) atoms. The average Bonchev–Trinajstić information content (AvgIpc) is 2.36. The first-order chi connectivity index (χ1) is 7.98. The summed E-state index contributed by atoms with van der Waals surface area (Å²) in [4.78, 5) is 12.9. The molecule has 1 aliphatic rings. The summed E-state index contributed by atoms with van der Waals surface area (Å²) in [5.41, 5.74) is 0. The first kappa shape index (κ1) is 14.7. The van der Waals surface area contributed by atoms with Gasteiger partial charge >= 0.3 is 6.09 Å². The van der Waals surface area contributed by atoms with E-state index in [-0.39, 0.29) is 16.7 Å². The third kappa shape index (κ3) is 4.81. The van der Waals surface area contributed by atoms with E-state index < -0.39 is 10.0 Å². The molecule has 0 unspecified atom stereocenters. The number of rotatable bonds is 4. The molecule has 8 heteroatoms. The molecular formula is C9H17BrN2O4S. The minimum Gasteiger partial charge on any atom is -0.453 e. The van der Waals surface area contributed by atoms with Crippen LogP contribution < -0.4 is 4.72 Å². The lowest BCUT2D eigenvalue weighted by molar-refractivity contribution is 0.106. The smallest absolute Gasteiger partial charge is 0.409 e. The molecule has 0 aromatic heterocycles. The maximum Gasteiger partial charge on any atom is 0.409 e. The van der Waals surface area contributed by atoms with E-state index in [1.165, 1.54) is 7.11 Å². The van der Waals surface area contributed by atoms with E-state index in [4.69, 9.17) is 0 Å². The Morgan fingerprint density at radius 1 is 1.47 bits per heavy atom. The monoisotopic (exact) mass is 328 g/mol. The Kier molecular flexibility index (Phi) is 5.68. The summed E-state index contributed by atoms with van der Waals surface area (Å²) < 4.78 is 29.5. The van der Waals surface area contributed by atoms with Gasteiger partial charge in [-0.1, -0.05) is 15.9 Å². The van der Waals surface area contributed by atoms with E-state index in [9.17, 15) is 13.2 Å². The number of ether oxygens (including phenoxy) is 1. The van der Waals surface area contributed by atoms with Gasteiger partial charge in [0.05, 0.1) is 7.11 Å². The maximum absolute atomic E-state index is 11.2. The summed E-state index contributed by atoms with van der Waals surface area (Å²) in [6.45, 7) is 1.67. The van der Waals surface area contributed by atoms with Gasteiger partial charge in [0.25, 0.3) is 0 Å². The summed E-state index contributed by atoms with van der Waals surface area (Å²) in [6.07, 6.45) is 1.27. The molecule has 0 bridgehead atoms. The Labute approximate surface area is 110 Å². The number of nitrogens with zero attached hydrogens (tertiary/aromatic N) is 1. The van der Waals surface area contributed by atoms with E-state index in [0.29, 0.717) is 19.6 Å². The first-order valence-electron chi connectivity index (χ1n) is 5.34. The summed E-state index contributed by atoms with van der Waals surface area (Å²) in [7, 11) is -1.83. The van der Waals surface area contributed by atoms with Gasteiger partial charge in [0.1, 0.15) is 4.66 Å². The maximum atomic E-state index is 11.2. The number of hydrogen-bond acceptors (Lipinski definition) is 4. The number of piperidine rings is 1. The molecule has 0 atom stereocenters. The highest BCUT2D eigenvalue weighted by molar-refractivity contribution is 9.10. The molecule has 0 aromatic carbocycles. The second kappa shape index (κ2) is 6.55. The largest absolute Gasteiger partial charge is 0.453 e. The highest BCUT2D eigenvalue weighted by Gasteiger charge is 2.23. The van der Waals surface area contributed by atoms with Crippen molar-refractivity contribution < 1.29 is 17.9 Å². The molecule has 1 heterocycles. The zero-order valence-electron chi connectivity index (χ0n) is 9.69. The van der Waals surface area contributed by atoms with Gasteiger partial charge in [-0.05, 0) is 18.8 Å². The summed E-state index contributed by atoms with van der Waals surface area (Å²) in [5.74, 6) is 0.282. The van der Waals surface area contributed by atoms with E-state index in [1.807, 2.05) is 0 Å². The Morgan fingerprint density at radius 3 is 2.53 bits per heavy atom. The number of hydrogen-bond donors (Lipinski definition) is 1. The van der Waals surface area contributed by atoms with Crippen LogP contribution in [-0.4, -0.2) is 50.8 Å². The minimum absolute atomic E-state index is 0.0823. The number of likely N-dealkylation sites (tertiary alicyclic amines) is 1. The molecule has 1 aliphatic heterocycles. The number of amides is 1. The quantitative estimate of drug-likeness (QED) is 0.772. The number of carbonyl (C=O) groups is 1. The van der Waals surface area contributed by atoms with Gasteiger partial charge in [0, 0.05) is 19.6 Å². The number of alkyl halides is 1. The van der Waals surface area contributed by atoms with E-state index in [2.05, 4.69) is 25.4 Å². The lowest BCUT2D eigenvalue weighted by Crippen LogP contribution is -2.41. The van der Waals surface area contributed by atoms with Crippen LogP contribution in [0.2, 0.25) is 0 Å². The third-order valence-corrected chi connectivity index (χ3v) is 5.48. The van der Waals surface area contributed by atoms with Gasteiger partial charge in [-0.2, -0.15) is 0 Å². The van der Waals surface area contributed by atoms with Crippen molar-refractivity contribution in [1.29, 1.82) is 0 Å². The molecule has 0 aromatic rings. The van der Waals surface area contributed by atoms with Crippen LogP contribution >= 0.6 is 15.9 Å². The highest BCUT2D eigenvalue weighted by Crippen LogP contribution is 2.17. The number of sulfonamides is 1. The van der Waals surface area contributed by atoms with Crippen molar-refractivity contribution in [2.45, 2.75) is 12.8 Å². The Morgan fingerprint density at radius 2 is 2.06 bits per heavy atom. The standard InChI is InChI=1S/C9H17BrN2O4S/c1-16-9(13)12-4-2-8(3-5-12)6-11-17(14,15)7-10/h8,11H,2-7H2,1H3. The average molecular weight is 329 g/mol. The molecule has 0 aliphatic carbocycles. The van der Waals surface area contributed by atoms with Gasteiger partial charge in [0.15, 0.2) is 0 Å². The number of methoxy groups -OCH3 is 1. The fourth-order valence-corrected chi connectivity index (χ4v) is 2.78. The van der Waals surface area contributed by atoms with Gasteiger partial charge in [-0.15, -0.1) is 0 Å². The Bertz CT molecular complexity index is 352. The van der Waals surface area contributed by atoms with Gasteiger partial charge in [-0.25, -0.2) is 17.9 Å². The number of nitrogens with one attached hydrogen (secondary N) is 1. The Hall–Kier alpha value is -0.340. The molecule has 1 amide bonds. The second-order valence-electron chi connectivity index (χ2n) is 3.97. The van der Waals surface area contributed by atoms with E-state index >= 15 is 0 Å². The molecule has 1 N–H and O–H groups in total. The predicted molar refractivity (Wildman–Crippen MR) is 67.4 cm³/mol. The zero-order valence-corrected chi connectivity index (χ0v) is 12.1. The lowest BCUT2D eigenvalue weighted by Gasteiger charge is -2.30. The first-order valence-corrected chi connectivity index (χ1v) is 8.12. The topological polar surface area (TPSA) is 75.7 Å². The van der Waals surface area contributed by atoms with Crippen LogP contribution in [0.25, 0.3) is 0 Å². The fraction of sp³-hybridized carbons (Fsp3) is 0.889. The second-order valence-corrected chi connectivity index (χ2v) is 7.08. The summed E-state index contributed by atoms with van der Waals surface area (Å²) >= 11 is 2.91. The van der Waals surface area contributed by atoms with Crippen molar-refractivity contribution in [3.05, 3.63) is 0 Å². The third-order valence-electron chi connectivity index (χ3n) is 2.78. The molecule has 0 spiro atoms. The summed E-state index contributed by atoms with van der Waals surface area (Å²) in [5, 5.41) is 0. The van der Waals surface area contributed by atoms with Crippen LogP contribution in [-0.2, 0) is 14.8 Å². The summed E-state index contributed by atoms with van der Waals surface area (Å²) in [6, 6.07) is 0. The normalized spacial score (nSPS) is 18.1. The zero-order chi connectivity index (χ0) is 12.9. The van der Waals surface area contributed by atoms with Crippen LogP contribution in [0.4, 0.5) is 4.79 Å². The highest BCUT2D eigenvalue weighted by atomic mass is 79.9. The van der Waals surface area contributed by atoms with Gasteiger partial charge in [-0.3, -0.25) is 0 Å². The molecule has 0 radical (unpaired) electrons.